The van der Waals surface area contributed by atoms with E-state index in [1.54, 1.807) is 23.3 Å². The van der Waals surface area contributed by atoms with Gasteiger partial charge in [0.25, 0.3) is 0 Å². The van der Waals surface area contributed by atoms with Gasteiger partial charge in [-0.3, -0.25) is 4.79 Å². The molecule has 1 amide bonds. The van der Waals surface area contributed by atoms with Crippen LogP contribution in [0, 0.1) is 16.7 Å². The molecule has 2 rings (SSSR count). The highest BCUT2D eigenvalue weighted by atomic mass is 79.9. The molecule has 1 aromatic rings. The van der Waals surface area contributed by atoms with Gasteiger partial charge >= 0.3 is 0 Å². The number of thiophene rings is 1. The van der Waals surface area contributed by atoms with Gasteiger partial charge in [0.1, 0.15) is 5.41 Å². The van der Waals surface area contributed by atoms with Crippen molar-refractivity contribution in [2.24, 2.45) is 5.41 Å². The van der Waals surface area contributed by atoms with Crippen molar-refractivity contribution in [1.29, 1.82) is 5.26 Å². The molecule has 0 radical (unpaired) electrons. The van der Waals surface area contributed by atoms with Crippen molar-refractivity contribution in [1.82, 2.24) is 4.90 Å². The predicted molar refractivity (Wildman–Crippen MR) is 75.3 cm³/mol. The van der Waals surface area contributed by atoms with E-state index < -0.39 is 5.41 Å². The maximum Gasteiger partial charge on any atom is 0.242 e. The summed E-state index contributed by atoms with van der Waals surface area (Å²) in [6.07, 6.45) is 3.28. The van der Waals surface area contributed by atoms with Crippen LogP contribution in [0.2, 0.25) is 0 Å². The molecule has 0 N–H and O–H groups in total. The van der Waals surface area contributed by atoms with Crippen LogP contribution >= 0.6 is 27.3 Å². The number of nitrogens with zero attached hydrogens (tertiary/aromatic N) is 2. The summed E-state index contributed by atoms with van der Waals surface area (Å²) < 4.78 is 1.09. The van der Waals surface area contributed by atoms with Crippen LogP contribution in [0.25, 0.3) is 0 Å². The number of amides is 1. The van der Waals surface area contributed by atoms with Crippen molar-refractivity contribution in [2.45, 2.75) is 25.7 Å². The summed E-state index contributed by atoms with van der Waals surface area (Å²) in [5, 5.41) is 11.2. The maximum atomic E-state index is 12.2. The number of hydrogen-bond donors (Lipinski definition) is 0. The molecule has 0 bridgehead atoms. The van der Waals surface area contributed by atoms with E-state index in [1.807, 2.05) is 5.38 Å². The van der Waals surface area contributed by atoms with E-state index in [0.29, 0.717) is 6.54 Å². The fourth-order valence-electron chi connectivity index (χ4n) is 2.13. The molecule has 0 aromatic carbocycles. The minimum absolute atomic E-state index is 0.00753. The van der Waals surface area contributed by atoms with Crippen LogP contribution in [-0.2, 0) is 11.2 Å². The summed E-state index contributed by atoms with van der Waals surface area (Å²) in [7, 11) is 1.79. The highest BCUT2D eigenvalue weighted by Gasteiger charge is 2.45. The lowest BCUT2D eigenvalue weighted by Gasteiger charge is -2.36. The third-order valence-corrected chi connectivity index (χ3v) is 5.25. The van der Waals surface area contributed by atoms with Gasteiger partial charge in [0, 0.05) is 28.3 Å². The van der Waals surface area contributed by atoms with E-state index in [1.165, 1.54) is 4.88 Å². The zero-order valence-electron chi connectivity index (χ0n) is 10.3. The van der Waals surface area contributed by atoms with Gasteiger partial charge in [0.15, 0.2) is 0 Å². The molecular formula is C13H15BrN2OS. The molecule has 18 heavy (non-hydrogen) atoms. The van der Waals surface area contributed by atoms with Crippen LogP contribution in [0.15, 0.2) is 15.9 Å². The van der Waals surface area contributed by atoms with E-state index >= 15 is 0 Å². The second-order valence-corrected chi connectivity index (χ2v) is 6.67. The average Bonchev–Trinajstić information content (AvgIpc) is 2.71. The summed E-state index contributed by atoms with van der Waals surface area (Å²) >= 11 is 5.10. The van der Waals surface area contributed by atoms with Gasteiger partial charge in [-0.1, -0.05) is 0 Å². The van der Waals surface area contributed by atoms with E-state index in [9.17, 15) is 4.79 Å². The third kappa shape index (κ3) is 2.60. The van der Waals surface area contributed by atoms with Crippen LogP contribution in [0.5, 0.6) is 0 Å². The van der Waals surface area contributed by atoms with Gasteiger partial charge in [-0.15, -0.1) is 11.3 Å². The minimum Gasteiger partial charge on any atom is -0.344 e. The number of hydrogen-bond acceptors (Lipinski definition) is 3. The number of likely N-dealkylation sites (N-methyl/N-ethyl adjacent to an activating group) is 1. The van der Waals surface area contributed by atoms with Gasteiger partial charge < -0.3 is 4.90 Å². The number of halogens is 1. The largest absolute Gasteiger partial charge is 0.344 e. The molecule has 3 nitrogen and oxygen atoms in total. The molecule has 1 saturated carbocycles. The first-order valence-corrected chi connectivity index (χ1v) is 7.64. The monoisotopic (exact) mass is 326 g/mol. The number of rotatable bonds is 4. The van der Waals surface area contributed by atoms with Gasteiger partial charge in [-0.2, -0.15) is 5.26 Å². The van der Waals surface area contributed by atoms with Crippen LogP contribution in [0.1, 0.15) is 24.1 Å². The van der Waals surface area contributed by atoms with Crippen LogP contribution in [0.4, 0.5) is 0 Å². The minimum atomic E-state index is -0.717. The van der Waals surface area contributed by atoms with Gasteiger partial charge in [0.05, 0.1) is 6.07 Å². The number of nitriles is 1. The summed E-state index contributed by atoms with van der Waals surface area (Å²) in [5.74, 6) is -0.00753. The molecule has 1 heterocycles. The fraction of sp³-hybridized carbons (Fsp3) is 0.538. The first-order valence-electron chi connectivity index (χ1n) is 5.97. The lowest BCUT2D eigenvalue weighted by molar-refractivity contribution is -0.141. The van der Waals surface area contributed by atoms with Crippen LogP contribution in [0.3, 0.4) is 0 Å². The summed E-state index contributed by atoms with van der Waals surface area (Å²) in [6.45, 7) is 0.676. The average molecular weight is 327 g/mol. The first kappa shape index (κ1) is 13.6. The van der Waals surface area contributed by atoms with Crippen molar-refractivity contribution in [3.05, 3.63) is 20.8 Å². The quantitative estimate of drug-likeness (QED) is 0.852. The normalized spacial score (nSPS) is 16.7. The maximum absolute atomic E-state index is 12.2. The number of carbonyl (C=O) groups excluding carboxylic acids is 1. The Labute approximate surface area is 120 Å². The molecular weight excluding hydrogens is 312 g/mol. The van der Waals surface area contributed by atoms with Crippen LogP contribution in [-0.4, -0.2) is 24.4 Å². The highest BCUT2D eigenvalue weighted by molar-refractivity contribution is 9.10. The van der Waals surface area contributed by atoms with E-state index in [4.69, 9.17) is 5.26 Å². The van der Waals surface area contributed by atoms with E-state index in [0.717, 1.165) is 30.2 Å². The second-order valence-electron chi connectivity index (χ2n) is 4.76. The molecule has 96 valence electrons. The fourth-order valence-corrected chi connectivity index (χ4v) is 3.58. The Bertz CT molecular complexity index is 487. The van der Waals surface area contributed by atoms with Crippen LogP contribution < -0.4 is 0 Å². The van der Waals surface area contributed by atoms with Gasteiger partial charge in [0.2, 0.25) is 5.91 Å². The molecule has 1 aromatic heterocycles. The molecule has 0 saturated heterocycles. The third-order valence-electron chi connectivity index (χ3n) is 3.49. The SMILES string of the molecule is CN(CCc1cc(Br)cs1)C(=O)C1(C#N)CCC1. The predicted octanol–water partition coefficient (Wildman–Crippen LogP) is 3.21. The Hall–Kier alpha value is -0.860. The molecule has 0 spiro atoms. The Morgan fingerprint density at radius 3 is 2.83 bits per heavy atom. The summed E-state index contributed by atoms with van der Waals surface area (Å²) in [4.78, 5) is 15.2. The smallest absolute Gasteiger partial charge is 0.242 e. The van der Waals surface area contributed by atoms with Crippen molar-refractivity contribution in [3.8, 4) is 6.07 Å². The van der Waals surface area contributed by atoms with Crippen molar-refractivity contribution < 1.29 is 4.79 Å². The Morgan fingerprint density at radius 1 is 1.67 bits per heavy atom. The van der Waals surface area contributed by atoms with Crippen molar-refractivity contribution >= 4 is 33.2 Å². The van der Waals surface area contributed by atoms with Gasteiger partial charge in [-0.25, -0.2) is 0 Å². The number of carbonyl (C=O) groups is 1. The van der Waals surface area contributed by atoms with E-state index in [-0.39, 0.29) is 5.91 Å². The molecule has 5 heteroatoms. The first-order chi connectivity index (χ1) is 8.57. The molecule has 0 unspecified atom stereocenters. The van der Waals surface area contributed by atoms with Crippen molar-refractivity contribution in [3.63, 3.8) is 0 Å². The summed E-state index contributed by atoms with van der Waals surface area (Å²) in [6, 6.07) is 4.28. The molecule has 0 aliphatic heterocycles. The highest BCUT2D eigenvalue weighted by Crippen LogP contribution is 2.41. The Balaban J connectivity index is 1.90. The van der Waals surface area contributed by atoms with E-state index in [2.05, 4.69) is 28.1 Å². The molecule has 1 fully saturated rings. The lowest BCUT2D eigenvalue weighted by atomic mass is 9.69. The molecule has 1 aliphatic carbocycles. The topological polar surface area (TPSA) is 44.1 Å². The van der Waals surface area contributed by atoms with Gasteiger partial charge in [-0.05, 0) is 47.7 Å². The second kappa shape index (κ2) is 5.41. The zero-order valence-corrected chi connectivity index (χ0v) is 12.7. The standard InChI is InChI=1S/C13H15BrN2OS/c1-16(6-3-11-7-10(14)8-18-11)12(17)13(9-15)4-2-5-13/h7-8H,2-6H2,1H3. The summed E-state index contributed by atoms with van der Waals surface area (Å²) in [5.41, 5.74) is -0.717. The Kier molecular flexibility index (Phi) is 4.08. The van der Waals surface area contributed by atoms with Crippen molar-refractivity contribution in [2.75, 3.05) is 13.6 Å². The Morgan fingerprint density at radius 2 is 2.39 bits per heavy atom. The zero-order chi connectivity index (χ0) is 13.2. The lowest BCUT2D eigenvalue weighted by Crippen LogP contribution is -2.46. The molecule has 0 atom stereocenters. The molecule has 1 aliphatic rings.